The predicted molar refractivity (Wildman–Crippen MR) is 147 cm³/mol. The molecule has 2 heterocycles. The smallest absolute Gasteiger partial charge is 0.272 e. The van der Waals surface area contributed by atoms with Crippen LogP contribution in [0.4, 0.5) is 0 Å². The molecule has 7 nitrogen and oxygen atoms in total. The highest BCUT2D eigenvalue weighted by molar-refractivity contribution is 5.93. The molecule has 0 bridgehead atoms. The number of aliphatic hydroxyl groups excluding tert-OH is 1. The Labute approximate surface area is 229 Å². The zero-order valence-electron chi connectivity index (χ0n) is 22.5. The van der Waals surface area contributed by atoms with Crippen molar-refractivity contribution in [2.45, 2.75) is 50.7 Å². The van der Waals surface area contributed by atoms with Gasteiger partial charge in [0.05, 0.1) is 26.9 Å². The molecular formula is C32H36N2O5. The Bertz CT molecular complexity index is 1310. The summed E-state index contributed by atoms with van der Waals surface area (Å²) in [5.41, 5.74) is 4.99. The van der Waals surface area contributed by atoms with E-state index in [2.05, 4.69) is 35.3 Å². The van der Waals surface area contributed by atoms with E-state index in [1.54, 1.807) is 13.3 Å². The molecule has 7 heteroatoms. The number of likely N-dealkylation sites (tertiary alicyclic amines) is 1. The Hall–Kier alpha value is -3.42. The molecule has 2 saturated carbocycles. The van der Waals surface area contributed by atoms with E-state index in [-0.39, 0.29) is 23.8 Å². The van der Waals surface area contributed by atoms with Gasteiger partial charge in [-0.2, -0.15) is 0 Å². The van der Waals surface area contributed by atoms with E-state index in [1.165, 1.54) is 18.4 Å². The van der Waals surface area contributed by atoms with E-state index >= 15 is 0 Å². The number of amides is 1. The van der Waals surface area contributed by atoms with Gasteiger partial charge in [0.25, 0.3) is 5.91 Å². The number of nitrogens with zero attached hydrogens (tertiary/aromatic N) is 2. The van der Waals surface area contributed by atoms with E-state index in [9.17, 15) is 9.90 Å². The lowest BCUT2D eigenvalue weighted by atomic mass is 9.91. The summed E-state index contributed by atoms with van der Waals surface area (Å²) in [5.74, 6) is 2.35. The summed E-state index contributed by atoms with van der Waals surface area (Å²) in [6, 6.07) is 18.4. The fraction of sp³-hybridized carbons (Fsp3) is 0.438. The minimum absolute atomic E-state index is 0.0487. The van der Waals surface area contributed by atoms with Gasteiger partial charge in [-0.05, 0) is 78.1 Å². The molecule has 39 heavy (non-hydrogen) atoms. The lowest BCUT2D eigenvalue weighted by Crippen LogP contribution is -2.48. The molecule has 2 aliphatic carbocycles. The summed E-state index contributed by atoms with van der Waals surface area (Å²) in [7, 11) is 1.66. The second-order valence-corrected chi connectivity index (χ2v) is 11.3. The van der Waals surface area contributed by atoms with E-state index in [1.807, 2.05) is 29.2 Å². The fourth-order valence-corrected chi connectivity index (χ4v) is 5.13. The summed E-state index contributed by atoms with van der Waals surface area (Å²) in [5, 5.41) is 9.45. The van der Waals surface area contributed by atoms with Crippen molar-refractivity contribution >= 4 is 5.91 Å². The minimum atomic E-state index is -0.0678. The molecule has 1 aromatic heterocycles. The Morgan fingerprint density at radius 1 is 0.949 bits per heavy atom. The van der Waals surface area contributed by atoms with Gasteiger partial charge in [0.15, 0.2) is 11.5 Å². The van der Waals surface area contributed by atoms with Crippen LogP contribution in [-0.2, 0) is 18.0 Å². The van der Waals surface area contributed by atoms with Crippen molar-refractivity contribution < 1.29 is 24.1 Å². The number of hydrogen-bond donors (Lipinski definition) is 1. The van der Waals surface area contributed by atoms with Gasteiger partial charge in [0.1, 0.15) is 12.3 Å². The van der Waals surface area contributed by atoms with Crippen molar-refractivity contribution in [2.75, 3.05) is 33.4 Å². The van der Waals surface area contributed by atoms with Crippen LogP contribution < -0.4 is 9.47 Å². The monoisotopic (exact) mass is 528 g/mol. The number of benzene rings is 2. The quantitative estimate of drug-likeness (QED) is 0.353. The zero-order chi connectivity index (χ0) is 26.8. The van der Waals surface area contributed by atoms with E-state index in [4.69, 9.17) is 14.2 Å². The van der Waals surface area contributed by atoms with E-state index in [0.717, 1.165) is 41.2 Å². The summed E-state index contributed by atoms with van der Waals surface area (Å²) in [4.78, 5) is 19.2. The molecule has 204 valence electrons. The summed E-state index contributed by atoms with van der Waals surface area (Å²) < 4.78 is 17.5. The Morgan fingerprint density at radius 3 is 2.41 bits per heavy atom. The van der Waals surface area contributed by atoms with Gasteiger partial charge in [0, 0.05) is 30.6 Å². The number of ether oxygens (including phenoxy) is 3. The van der Waals surface area contributed by atoms with Crippen LogP contribution in [0.3, 0.4) is 0 Å². The largest absolute Gasteiger partial charge is 0.493 e. The maximum Gasteiger partial charge on any atom is 0.272 e. The molecule has 2 aromatic carbocycles. The molecule has 0 unspecified atom stereocenters. The van der Waals surface area contributed by atoms with Crippen molar-refractivity contribution in [3.05, 3.63) is 88.7 Å². The van der Waals surface area contributed by atoms with Crippen LogP contribution in [0, 0.1) is 5.41 Å². The maximum atomic E-state index is 13.0. The van der Waals surface area contributed by atoms with Crippen LogP contribution in [0.1, 0.15) is 70.3 Å². The van der Waals surface area contributed by atoms with Crippen LogP contribution in [0.5, 0.6) is 11.5 Å². The minimum Gasteiger partial charge on any atom is -0.493 e. The number of methoxy groups -OCH3 is 1. The Morgan fingerprint density at radius 2 is 1.72 bits per heavy atom. The number of carbonyl (C=O) groups is 1. The first kappa shape index (κ1) is 25.8. The molecular weight excluding hydrogens is 492 g/mol. The van der Waals surface area contributed by atoms with Gasteiger partial charge in [-0.3, -0.25) is 9.78 Å². The standard InChI is InChI=1S/C32H36N2O5/c1-37-30-15-26(8-9-29(30)39-19-22-2-4-24(5-3-22)25-6-7-25)27-16-34(17-27)31(36)28-14-23(10-13-33-28)18-38-21-32(20-35)11-12-32/h2-5,8-10,13-15,25,27,35H,6-7,11-12,16-21H2,1H3. The first-order valence-corrected chi connectivity index (χ1v) is 13.9. The number of aromatic nitrogens is 1. The number of rotatable bonds is 12. The van der Waals surface area contributed by atoms with Gasteiger partial charge >= 0.3 is 0 Å². The van der Waals surface area contributed by atoms with Crippen molar-refractivity contribution in [2.24, 2.45) is 5.41 Å². The van der Waals surface area contributed by atoms with Crippen molar-refractivity contribution in [1.82, 2.24) is 9.88 Å². The van der Waals surface area contributed by atoms with Crippen molar-refractivity contribution in [1.29, 1.82) is 0 Å². The summed E-state index contributed by atoms with van der Waals surface area (Å²) in [6.45, 7) is 2.88. The van der Waals surface area contributed by atoms with Gasteiger partial charge in [-0.1, -0.05) is 30.3 Å². The molecule has 0 spiro atoms. The predicted octanol–water partition coefficient (Wildman–Crippen LogP) is 5.08. The lowest BCUT2D eigenvalue weighted by Gasteiger charge is -2.39. The topological polar surface area (TPSA) is 81.1 Å². The fourth-order valence-electron chi connectivity index (χ4n) is 5.13. The first-order chi connectivity index (χ1) is 19.1. The average molecular weight is 529 g/mol. The SMILES string of the molecule is COc1cc(C2CN(C(=O)c3cc(COCC4(CO)CC4)ccn3)C2)ccc1OCc1ccc(C2CC2)cc1. The van der Waals surface area contributed by atoms with Gasteiger partial charge < -0.3 is 24.2 Å². The zero-order valence-corrected chi connectivity index (χ0v) is 22.5. The molecule has 6 rings (SSSR count). The molecule has 0 atom stereocenters. The maximum absolute atomic E-state index is 13.0. The summed E-state index contributed by atoms with van der Waals surface area (Å²) in [6.07, 6.45) is 6.29. The highest BCUT2D eigenvalue weighted by Gasteiger charge is 2.42. The third-order valence-corrected chi connectivity index (χ3v) is 8.26. The second-order valence-electron chi connectivity index (χ2n) is 11.3. The molecule has 3 aromatic rings. The highest BCUT2D eigenvalue weighted by Crippen LogP contribution is 2.45. The van der Waals surface area contributed by atoms with Gasteiger partial charge in [0.2, 0.25) is 0 Å². The van der Waals surface area contributed by atoms with Crippen molar-refractivity contribution in [3.8, 4) is 11.5 Å². The Kier molecular flexibility index (Phi) is 7.28. The molecule has 1 N–H and O–H groups in total. The molecule has 3 fully saturated rings. The van der Waals surface area contributed by atoms with Crippen LogP contribution in [-0.4, -0.2) is 54.3 Å². The second kappa shape index (κ2) is 11.0. The van der Waals surface area contributed by atoms with Crippen molar-refractivity contribution in [3.63, 3.8) is 0 Å². The van der Waals surface area contributed by atoms with E-state index < -0.39 is 0 Å². The molecule has 0 radical (unpaired) electrons. The number of carbonyl (C=O) groups excluding carboxylic acids is 1. The average Bonchev–Trinajstić information content (AvgIpc) is 3.88. The highest BCUT2D eigenvalue weighted by atomic mass is 16.5. The van der Waals surface area contributed by atoms with Gasteiger partial charge in [-0.25, -0.2) is 0 Å². The van der Waals surface area contributed by atoms with Crippen LogP contribution in [0.2, 0.25) is 0 Å². The third kappa shape index (κ3) is 5.94. The Balaban J connectivity index is 1.01. The van der Waals surface area contributed by atoms with Gasteiger partial charge in [-0.15, -0.1) is 0 Å². The van der Waals surface area contributed by atoms with Crippen LogP contribution in [0.15, 0.2) is 60.8 Å². The summed E-state index contributed by atoms with van der Waals surface area (Å²) >= 11 is 0. The van der Waals surface area contributed by atoms with Crippen LogP contribution >= 0.6 is 0 Å². The van der Waals surface area contributed by atoms with Crippen LogP contribution in [0.25, 0.3) is 0 Å². The molecule has 1 amide bonds. The number of aliphatic hydroxyl groups is 1. The van der Waals surface area contributed by atoms with E-state index in [0.29, 0.717) is 44.4 Å². The first-order valence-electron chi connectivity index (χ1n) is 13.9. The molecule has 3 aliphatic rings. The molecule has 1 aliphatic heterocycles. The molecule has 1 saturated heterocycles. The number of hydrogen-bond acceptors (Lipinski definition) is 6. The normalized spacial score (nSPS) is 17.9. The lowest BCUT2D eigenvalue weighted by molar-refractivity contribution is 0.0513. The number of pyridine rings is 1. The third-order valence-electron chi connectivity index (χ3n) is 8.26.